The molecule has 0 saturated heterocycles. The summed E-state index contributed by atoms with van der Waals surface area (Å²) in [4.78, 5) is 12.4. The van der Waals surface area contributed by atoms with Crippen molar-refractivity contribution < 1.29 is 9.36 Å². The van der Waals surface area contributed by atoms with Gasteiger partial charge in [-0.05, 0) is 31.2 Å². The van der Waals surface area contributed by atoms with Crippen LogP contribution in [0.3, 0.4) is 0 Å². The summed E-state index contributed by atoms with van der Waals surface area (Å²) in [7, 11) is -3.12. The maximum atomic E-state index is 13.7. The van der Waals surface area contributed by atoms with Gasteiger partial charge in [0.1, 0.15) is 0 Å². The average Bonchev–Trinajstić information content (AvgIpc) is 2.68. The van der Waals surface area contributed by atoms with Gasteiger partial charge < -0.3 is 0 Å². The van der Waals surface area contributed by atoms with E-state index in [1.807, 2.05) is 79.7 Å². The summed E-state index contributed by atoms with van der Waals surface area (Å²) in [6, 6.07) is 25.8. The van der Waals surface area contributed by atoms with Crippen LogP contribution in [0.25, 0.3) is 0 Å². The molecular weight excluding hydrogens is 349 g/mol. The van der Waals surface area contributed by atoms with Crippen LogP contribution in [-0.2, 0) is 4.57 Å². The second kappa shape index (κ2) is 7.83. The van der Waals surface area contributed by atoms with Crippen molar-refractivity contribution in [2.75, 3.05) is 0 Å². The minimum absolute atomic E-state index is 0.160. The Kier molecular flexibility index (Phi) is 5.54. The van der Waals surface area contributed by atoms with Crippen molar-refractivity contribution in [2.45, 2.75) is 6.92 Å². The number of carbonyl (C=O) groups excluding carboxylic acids is 1. The predicted molar refractivity (Wildman–Crippen MR) is 106 cm³/mol. The van der Waals surface area contributed by atoms with E-state index in [0.29, 0.717) is 16.2 Å². The predicted octanol–water partition coefficient (Wildman–Crippen LogP) is 4.30. The zero-order chi connectivity index (χ0) is 17.7. The van der Waals surface area contributed by atoms with Gasteiger partial charge >= 0.3 is 0 Å². The van der Waals surface area contributed by atoms with Gasteiger partial charge in [0.25, 0.3) is 0 Å². The first-order chi connectivity index (χ1) is 12.1. The lowest BCUT2D eigenvalue weighted by molar-refractivity contribution is 0.108. The Bertz CT molecular complexity index is 852. The Hall–Kier alpha value is -2.13. The van der Waals surface area contributed by atoms with Crippen molar-refractivity contribution in [3.63, 3.8) is 0 Å². The zero-order valence-electron chi connectivity index (χ0n) is 13.8. The first-order valence-corrected chi connectivity index (χ1v) is 10.4. The van der Waals surface area contributed by atoms with Crippen molar-refractivity contribution in [2.24, 2.45) is 0 Å². The minimum Gasteiger partial charge on any atom is -0.296 e. The number of carbonyl (C=O) groups is 1. The fraction of sp³-hybridized carbons (Fsp3) is 0.0500. The van der Waals surface area contributed by atoms with Crippen LogP contribution in [0, 0.1) is 6.92 Å². The summed E-state index contributed by atoms with van der Waals surface area (Å²) >= 11 is 0.880. The molecular formula is C20H18NO2PS. The van der Waals surface area contributed by atoms with Gasteiger partial charge in [0.2, 0.25) is 12.4 Å². The highest BCUT2D eigenvalue weighted by molar-refractivity contribution is 8.17. The summed E-state index contributed by atoms with van der Waals surface area (Å²) < 4.78 is 16.7. The van der Waals surface area contributed by atoms with Gasteiger partial charge in [-0.1, -0.05) is 66.2 Å². The SMILES string of the molecule is Cc1ccc(C(=O)SNP(=O)(c2ccccc2)c2ccccc2)cc1. The van der Waals surface area contributed by atoms with E-state index in [1.165, 1.54) is 0 Å². The molecule has 0 spiro atoms. The number of hydrogen-bond donors (Lipinski definition) is 1. The molecule has 0 amide bonds. The Morgan fingerprint density at radius 2 is 1.28 bits per heavy atom. The molecule has 0 aliphatic rings. The third-order valence-electron chi connectivity index (χ3n) is 3.79. The molecule has 0 atom stereocenters. The van der Waals surface area contributed by atoms with E-state index < -0.39 is 7.29 Å². The van der Waals surface area contributed by atoms with Gasteiger partial charge in [0.05, 0.1) is 0 Å². The Morgan fingerprint density at radius 1 is 0.800 bits per heavy atom. The van der Waals surface area contributed by atoms with E-state index in [-0.39, 0.29) is 5.12 Å². The van der Waals surface area contributed by atoms with E-state index in [9.17, 15) is 9.36 Å². The van der Waals surface area contributed by atoms with Crippen molar-refractivity contribution in [3.05, 3.63) is 96.1 Å². The highest BCUT2D eigenvalue weighted by Crippen LogP contribution is 2.41. The molecule has 1 N–H and O–H groups in total. The molecule has 3 aromatic rings. The molecule has 3 rings (SSSR count). The maximum Gasteiger partial charge on any atom is 0.234 e. The Balaban J connectivity index is 1.88. The van der Waals surface area contributed by atoms with Crippen LogP contribution in [0.1, 0.15) is 15.9 Å². The number of benzene rings is 3. The third-order valence-corrected chi connectivity index (χ3v) is 7.66. The van der Waals surface area contributed by atoms with E-state index in [0.717, 1.165) is 17.5 Å². The van der Waals surface area contributed by atoms with Gasteiger partial charge in [-0.2, -0.15) is 4.49 Å². The first-order valence-electron chi connectivity index (χ1n) is 7.86. The summed E-state index contributed by atoms with van der Waals surface area (Å²) in [5.74, 6) is 0. The molecule has 0 heterocycles. The second-order valence-electron chi connectivity index (χ2n) is 5.63. The lowest BCUT2D eigenvalue weighted by atomic mass is 10.2. The number of aryl methyl sites for hydroxylation is 1. The molecule has 0 fully saturated rings. The second-order valence-corrected chi connectivity index (χ2v) is 9.18. The van der Waals surface area contributed by atoms with Crippen LogP contribution in [0.5, 0.6) is 0 Å². The fourth-order valence-electron chi connectivity index (χ4n) is 2.38. The quantitative estimate of drug-likeness (QED) is 0.539. The van der Waals surface area contributed by atoms with Crippen molar-refractivity contribution in [3.8, 4) is 0 Å². The molecule has 0 aliphatic heterocycles. The molecule has 25 heavy (non-hydrogen) atoms. The van der Waals surface area contributed by atoms with Crippen molar-refractivity contribution in [1.82, 2.24) is 4.49 Å². The van der Waals surface area contributed by atoms with Gasteiger partial charge in [-0.25, -0.2) is 0 Å². The third kappa shape index (κ3) is 4.10. The monoisotopic (exact) mass is 367 g/mol. The van der Waals surface area contributed by atoms with Gasteiger partial charge in [0, 0.05) is 28.1 Å². The summed E-state index contributed by atoms with van der Waals surface area (Å²) in [6.45, 7) is 1.97. The highest BCUT2D eigenvalue weighted by Gasteiger charge is 2.28. The highest BCUT2D eigenvalue weighted by atomic mass is 32.2. The average molecular weight is 367 g/mol. The molecule has 0 aliphatic carbocycles. The molecule has 126 valence electrons. The van der Waals surface area contributed by atoms with E-state index in [4.69, 9.17) is 0 Å². The molecule has 0 aromatic heterocycles. The summed E-state index contributed by atoms with van der Waals surface area (Å²) in [6.07, 6.45) is 0. The molecule has 0 unspecified atom stereocenters. The van der Waals surface area contributed by atoms with Gasteiger partial charge in [0.15, 0.2) is 0 Å². The van der Waals surface area contributed by atoms with Crippen LogP contribution >= 0.6 is 19.2 Å². The Labute approximate surface area is 152 Å². The zero-order valence-corrected chi connectivity index (χ0v) is 15.5. The molecule has 3 nitrogen and oxygen atoms in total. The summed E-state index contributed by atoms with van der Waals surface area (Å²) in [5.41, 5.74) is 1.67. The van der Waals surface area contributed by atoms with Gasteiger partial charge in [-0.3, -0.25) is 9.36 Å². The smallest absolute Gasteiger partial charge is 0.234 e. The van der Waals surface area contributed by atoms with Gasteiger partial charge in [-0.15, -0.1) is 0 Å². The van der Waals surface area contributed by atoms with E-state index in [1.54, 1.807) is 12.1 Å². The normalized spacial score (nSPS) is 11.2. The molecule has 0 saturated carbocycles. The first kappa shape index (κ1) is 17.7. The lowest BCUT2D eigenvalue weighted by Gasteiger charge is -2.19. The van der Waals surface area contributed by atoms with Crippen molar-refractivity contribution >= 4 is 35.0 Å². The van der Waals surface area contributed by atoms with Crippen LogP contribution in [0.2, 0.25) is 0 Å². The standard InChI is InChI=1S/C20H18NO2PS/c1-16-12-14-17(15-13-16)20(22)25-21-24(23,18-8-4-2-5-9-18)19-10-6-3-7-11-19/h2-15H,1H3,(H,21,23). The summed E-state index contributed by atoms with van der Waals surface area (Å²) in [5, 5.41) is 1.18. The minimum atomic E-state index is -3.12. The number of rotatable bonds is 5. The number of nitrogens with one attached hydrogen (secondary N) is 1. The molecule has 0 bridgehead atoms. The largest absolute Gasteiger partial charge is 0.296 e. The van der Waals surface area contributed by atoms with Crippen LogP contribution < -0.4 is 15.1 Å². The van der Waals surface area contributed by atoms with E-state index in [2.05, 4.69) is 4.49 Å². The topological polar surface area (TPSA) is 46.2 Å². The molecule has 0 radical (unpaired) electrons. The van der Waals surface area contributed by atoms with Crippen LogP contribution in [-0.4, -0.2) is 5.12 Å². The van der Waals surface area contributed by atoms with E-state index >= 15 is 0 Å². The van der Waals surface area contributed by atoms with Crippen molar-refractivity contribution in [1.29, 1.82) is 0 Å². The molecule has 5 heteroatoms. The molecule has 3 aromatic carbocycles. The lowest BCUT2D eigenvalue weighted by Crippen LogP contribution is -2.24. The van der Waals surface area contributed by atoms with Crippen LogP contribution in [0.15, 0.2) is 84.9 Å². The maximum absolute atomic E-state index is 13.7. The number of hydrogen-bond acceptors (Lipinski definition) is 3. The fourth-order valence-corrected chi connectivity index (χ4v) is 5.81. The van der Waals surface area contributed by atoms with Crippen LogP contribution in [0.4, 0.5) is 0 Å². The Morgan fingerprint density at radius 3 is 1.76 bits per heavy atom.